The van der Waals surface area contributed by atoms with E-state index in [2.05, 4.69) is 34.4 Å². The third kappa shape index (κ3) is 2.99. The molecule has 1 aliphatic rings. The number of aromatic nitrogens is 2. The lowest BCUT2D eigenvalue weighted by molar-refractivity contribution is 0.306. The summed E-state index contributed by atoms with van der Waals surface area (Å²) in [6.45, 7) is 7.35. The van der Waals surface area contributed by atoms with Crippen molar-refractivity contribution in [2.45, 2.75) is 52.9 Å². The van der Waals surface area contributed by atoms with Gasteiger partial charge in [-0.05, 0) is 38.5 Å². The summed E-state index contributed by atoms with van der Waals surface area (Å²) in [5.74, 6) is 2.72. The summed E-state index contributed by atoms with van der Waals surface area (Å²) in [7, 11) is 1.91. The summed E-state index contributed by atoms with van der Waals surface area (Å²) in [4.78, 5) is 8.95. The zero-order valence-corrected chi connectivity index (χ0v) is 12.6. The van der Waals surface area contributed by atoms with E-state index in [0.29, 0.717) is 5.41 Å². The summed E-state index contributed by atoms with van der Waals surface area (Å²) in [6.07, 6.45) is 6.69. The Kier molecular flexibility index (Phi) is 4.27. The SMILES string of the molecule is CCC1(CNc2nc(C)nc(NC)c2C)CCCC1. The van der Waals surface area contributed by atoms with Crippen molar-refractivity contribution in [3.05, 3.63) is 11.4 Å². The second kappa shape index (κ2) is 5.76. The number of hydrogen-bond acceptors (Lipinski definition) is 4. The number of aryl methyl sites for hydroxylation is 1. The summed E-state index contributed by atoms with van der Waals surface area (Å²) in [5.41, 5.74) is 1.59. The first-order valence-electron chi connectivity index (χ1n) is 7.37. The molecule has 2 N–H and O–H groups in total. The summed E-state index contributed by atoms with van der Waals surface area (Å²) in [6, 6.07) is 0. The summed E-state index contributed by atoms with van der Waals surface area (Å²) < 4.78 is 0. The second-order valence-corrected chi connectivity index (χ2v) is 5.76. The number of nitrogens with one attached hydrogen (secondary N) is 2. The lowest BCUT2D eigenvalue weighted by Gasteiger charge is -2.28. The Hall–Kier alpha value is -1.32. The number of nitrogens with zero attached hydrogens (tertiary/aromatic N) is 2. The molecule has 2 rings (SSSR count). The molecule has 1 heterocycles. The van der Waals surface area contributed by atoms with Crippen molar-refractivity contribution >= 4 is 11.6 Å². The van der Waals surface area contributed by atoms with Gasteiger partial charge in [0.15, 0.2) is 0 Å². The molecule has 0 unspecified atom stereocenters. The summed E-state index contributed by atoms with van der Waals surface area (Å²) >= 11 is 0. The zero-order chi connectivity index (χ0) is 13.9. The van der Waals surface area contributed by atoms with E-state index < -0.39 is 0 Å². The first-order valence-corrected chi connectivity index (χ1v) is 7.37. The van der Waals surface area contributed by atoms with Crippen LogP contribution in [-0.2, 0) is 0 Å². The minimum Gasteiger partial charge on any atom is -0.373 e. The Balaban J connectivity index is 2.13. The van der Waals surface area contributed by atoms with Crippen LogP contribution in [0.1, 0.15) is 50.4 Å². The van der Waals surface area contributed by atoms with Crippen molar-refractivity contribution in [2.24, 2.45) is 5.41 Å². The fraction of sp³-hybridized carbons (Fsp3) is 0.733. The molecule has 1 saturated carbocycles. The van der Waals surface area contributed by atoms with Gasteiger partial charge in [0.2, 0.25) is 0 Å². The van der Waals surface area contributed by atoms with Crippen LogP contribution < -0.4 is 10.6 Å². The quantitative estimate of drug-likeness (QED) is 0.852. The standard InChI is InChI=1S/C15H26N4/c1-5-15(8-6-7-9-15)10-17-14-11(2)13(16-4)18-12(3)19-14/h5-10H2,1-4H3,(H2,16,17,18,19). The molecule has 0 spiro atoms. The third-order valence-electron chi connectivity index (χ3n) is 4.54. The van der Waals surface area contributed by atoms with Crippen LogP contribution in [0, 0.1) is 19.3 Å². The van der Waals surface area contributed by atoms with Crippen LogP contribution in [0.5, 0.6) is 0 Å². The van der Waals surface area contributed by atoms with E-state index in [4.69, 9.17) is 0 Å². The number of anilines is 2. The van der Waals surface area contributed by atoms with E-state index in [1.54, 1.807) is 0 Å². The highest BCUT2D eigenvalue weighted by Gasteiger charge is 2.31. The highest BCUT2D eigenvalue weighted by Crippen LogP contribution is 2.41. The van der Waals surface area contributed by atoms with E-state index in [0.717, 1.165) is 29.6 Å². The van der Waals surface area contributed by atoms with Crippen molar-refractivity contribution in [2.75, 3.05) is 24.2 Å². The van der Waals surface area contributed by atoms with Gasteiger partial charge in [0.25, 0.3) is 0 Å². The highest BCUT2D eigenvalue weighted by molar-refractivity contribution is 5.57. The fourth-order valence-electron chi connectivity index (χ4n) is 3.10. The van der Waals surface area contributed by atoms with E-state index in [-0.39, 0.29) is 0 Å². The van der Waals surface area contributed by atoms with E-state index in [9.17, 15) is 0 Å². The van der Waals surface area contributed by atoms with E-state index in [1.807, 2.05) is 14.0 Å². The molecule has 0 saturated heterocycles. The molecule has 4 nitrogen and oxygen atoms in total. The molecule has 0 radical (unpaired) electrons. The largest absolute Gasteiger partial charge is 0.373 e. The minimum absolute atomic E-state index is 0.477. The predicted molar refractivity (Wildman–Crippen MR) is 80.7 cm³/mol. The van der Waals surface area contributed by atoms with Gasteiger partial charge < -0.3 is 10.6 Å². The number of hydrogen-bond donors (Lipinski definition) is 2. The van der Waals surface area contributed by atoms with Gasteiger partial charge >= 0.3 is 0 Å². The van der Waals surface area contributed by atoms with Crippen molar-refractivity contribution in [1.82, 2.24) is 9.97 Å². The molecule has 0 amide bonds. The normalized spacial score (nSPS) is 17.5. The topological polar surface area (TPSA) is 49.8 Å². The maximum absolute atomic E-state index is 4.55. The molecule has 1 aromatic heterocycles. The third-order valence-corrected chi connectivity index (χ3v) is 4.54. The molecule has 0 atom stereocenters. The Morgan fingerprint density at radius 2 is 1.74 bits per heavy atom. The molecule has 1 aromatic rings. The van der Waals surface area contributed by atoms with Gasteiger partial charge in [-0.25, -0.2) is 9.97 Å². The molecule has 1 fully saturated rings. The maximum atomic E-state index is 4.55. The first-order chi connectivity index (χ1) is 9.10. The lowest BCUT2D eigenvalue weighted by atomic mass is 9.83. The smallest absolute Gasteiger partial charge is 0.134 e. The average molecular weight is 262 g/mol. The van der Waals surface area contributed by atoms with Crippen molar-refractivity contribution < 1.29 is 0 Å². The monoisotopic (exact) mass is 262 g/mol. The summed E-state index contributed by atoms with van der Waals surface area (Å²) in [5, 5.41) is 6.71. The van der Waals surface area contributed by atoms with Crippen LogP contribution in [0.4, 0.5) is 11.6 Å². The molecule has 1 aliphatic carbocycles. The Labute approximate surface area is 116 Å². The Morgan fingerprint density at radius 3 is 2.32 bits per heavy atom. The van der Waals surface area contributed by atoms with Gasteiger partial charge in [-0.3, -0.25) is 0 Å². The molecule has 0 bridgehead atoms. The fourth-order valence-corrected chi connectivity index (χ4v) is 3.10. The van der Waals surface area contributed by atoms with E-state index >= 15 is 0 Å². The molecule has 4 heteroatoms. The first kappa shape index (κ1) is 14.1. The van der Waals surface area contributed by atoms with Gasteiger partial charge in [0, 0.05) is 19.2 Å². The molecular weight excluding hydrogens is 236 g/mol. The minimum atomic E-state index is 0.477. The second-order valence-electron chi connectivity index (χ2n) is 5.76. The molecule has 0 aliphatic heterocycles. The van der Waals surface area contributed by atoms with Gasteiger partial charge in [0.1, 0.15) is 17.5 Å². The molecule has 0 aromatic carbocycles. The van der Waals surface area contributed by atoms with Gasteiger partial charge in [0.05, 0.1) is 0 Å². The van der Waals surface area contributed by atoms with Gasteiger partial charge in [-0.1, -0.05) is 19.8 Å². The van der Waals surface area contributed by atoms with Crippen molar-refractivity contribution in [3.63, 3.8) is 0 Å². The lowest BCUT2D eigenvalue weighted by Crippen LogP contribution is -2.26. The van der Waals surface area contributed by atoms with Crippen molar-refractivity contribution in [3.8, 4) is 0 Å². The average Bonchev–Trinajstić information content (AvgIpc) is 2.89. The zero-order valence-electron chi connectivity index (χ0n) is 12.6. The van der Waals surface area contributed by atoms with Crippen LogP contribution in [0.25, 0.3) is 0 Å². The highest BCUT2D eigenvalue weighted by atomic mass is 15.1. The van der Waals surface area contributed by atoms with Crippen LogP contribution in [-0.4, -0.2) is 23.6 Å². The van der Waals surface area contributed by atoms with Crippen LogP contribution in [0.3, 0.4) is 0 Å². The van der Waals surface area contributed by atoms with Crippen LogP contribution in [0.2, 0.25) is 0 Å². The maximum Gasteiger partial charge on any atom is 0.134 e. The van der Waals surface area contributed by atoms with Crippen LogP contribution in [0.15, 0.2) is 0 Å². The van der Waals surface area contributed by atoms with Crippen molar-refractivity contribution in [1.29, 1.82) is 0 Å². The predicted octanol–water partition coefficient (Wildman–Crippen LogP) is 3.52. The van der Waals surface area contributed by atoms with Gasteiger partial charge in [-0.15, -0.1) is 0 Å². The van der Waals surface area contributed by atoms with E-state index in [1.165, 1.54) is 32.1 Å². The van der Waals surface area contributed by atoms with Gasteiger partial charge in [-0.2, -0.15) is 0 Å². The molecule has 19 heavy (non-hydrogen) atoms. The Bertz CT molecular complexity index is 436. The molecule has 106 valence electrons. The Morgan fingerprint density at radius 1 is 1.11 bits per heavy atom. The molecular formula is C15H26N4. The number of rotatable bonds is 5. The van der Waals surface area contributed by atoms with Crippen LogP contribution >= 0.6 is 0 Å².